The number of nitrogens with one attached hydrogen (secondary N) is 2. The van der Waals surface area contributed by atoms with Crippen LogP contribution in [0.1, 0.15) is 16.1 Å². The molecule has 1 aromatic heterocycles. The van der Waals surface area contributed by atoms with Crippen LogP contribution in [0.25, 0.3) is 0 Å². The summed E-state index contributed by atoms with van der Waals surface area (Å²) in [6, 6.07) is 3.22. The van der Waals surface area contributed by atoms with Gasteiger partial charge < -0.3 is 10.6 Å². The number of rotatable bonds is 1. The predicted octanol–water partition coefficient (Wildman–Crippen LogP) is 0.104. The molecule has 88 valence electrons. The van der Waals surface area contributed by atoms with Gasteiger partial charge in [0.1, 0.15) is 5.69 Å². The first-order chi connectivity index (χ1) is 8.13. The van der Waals surface area contributed by atoms with Crippen LogP contribution in [-0.4, -0.2) is 36.7 Å². The first-order valence-corrected chi connectivity index (χ1v) is 5.24. The molecule has 1 aromatic rings. The molecule has 2 rings (SSSR count). The third-order valence-corrected chi connectivity index (χ3v) is 2.46. The lowest BCUT2D eigenvalue weighted by Crippen LogP contribution is -2.55. The summed E-state index contributed by atoms with van der Waals surface area (Å²) < 4.78 is 13.5. The van der Waals surface area contributed by atoms with Gasteiger partial charge in [-0.3, -0.25) is 4.79 Å². The zero-order chi connectivity index (χ0) is 12.3. The van der Waals surface area contributed by atoms with Crippen molar-refractivity contribution in [3.8, 4) is 11.8 Å². The summed E-state index contributed by atoms with van der Waals surface area (Å²) >= 11 is 0. The fourth-order valence-corrected chi connectivity index (χ4v) is 1.35. The maximum Gasteiger partial charge on any atom is 0.269 e. The maximum atomic E-state index is 13.5. The molecule has 1 aliphatic rings. The van der Waals surface area contributed by atoms with Crippen LogP contribution in [0.2, 0.25) is 0 Å². The van der Waals surface area contributed by atoms with Crippen LogP contribution >= 0.6 is 0 Å². The molecule has 17 heavy (non-hydrogen) atoms. The average Bonchev–Trinajstić information content (AvgIpc) is 2.33. The fraction of sp³-hybridized carbons (Fsp3) is 0.333. The number of nitrogens with zero attached hydrogens (tertiary/aromatic N) is 1. The van der Waals surface area contributed by atoms with Gasteiger partial charge in [0, 0.05) is 31.9 Å². The van der Waals surface area contributed by atoms with E-state index in [0.29, 0.717) is 11.3 Å². The Morgan fingerprint density at radius 2 is 2.35 bits per heavy atom. The second kappa shape index (κ2) is 4.52. The Morgan fingerprint density at radius 3 is 2.82 bits per heavy atom. The molecule has 0 saturated carbocycles. The van der Waals surface area contributed by atoms with E-state index in [1.54, 1.807) is 12.1 Å². The standard InChI is InChI=1S/C12H12FN3O/c1-14-11(17)10-3-2-9(6-16-10)4-5-12(13)7-15-8-12/h2-3,6,15H,7-8H2,1H3,(H,14,17). The maximum absolute atomic E-state index is 13.5. The van der Waals surface area contributed by atoms with E-state index in [1.807, 2.05) is 0 Å². The van der Waals surface area contributed by atoms with Crippen molar-refractivity contribution in [2.75, 3.05) is 20.1 Å². The molecule has 4 nitrogen and oxygen atoms in total. The summed E-state index contributed by atoms with van der Waals surface area (Å²) in [5, 5.41) is 5.29. The number of hydrogen-bond donors (Lipinski definition) is 2. The summed E-state index contributed by atoms with van der Waals surface area (Å²) in [6.07, 6.45) is 1.47. The molecule has 1 amide bonds. The average molecular weight is 233 g/mol. The molecule has 1 saturated heterocycles. The first kappa shape index (κ1) is 11.6. The largest absolute Gasteiger partial charge is 0.354 e. The Hall–Kier alpha value is -1.93. The van der Waals surface area contributed by atoms with Gasteiger partial charge in [-0.25, -0.2) is 9.37 Å². The minimum absolute atomic E-state index is 0.255. The molecule has 1 fully saturated rings. The molecule has 0 unspecified atom stereocenters. The highest BCUT2D eigenvalue weighted by molar-refractivity contribution is 5.91. The van der Waals surface area contributed by atoms with E-state index in [0.717, 1.165) is 0 Å². The molecular formula is C12H12FN3O. The molecular weight excluding hydrogens is 221 g/mol. The summed E-state index contributed by atoms with van der Waals surface area (Å²) in [6.45, 7) is 0.535. The van der Waals surface area contributed by atoms with Crippen molar-refractivity contribution in [3.63, 3.8) is 0 Å². The molecule has 0 aromatic carbocycles. The minimum atomic E-state index is -1.42. The van der Waals surface area contributed by atoms with Crippen molar-refractivity contribution in [1.82, 2.24) is 15.6 Å². The van der Waals surface area contributed by atoms with Crippen molar-refractivity contribution in [2.45, 2.75) is 5.67 Å². The van der Waals surface area contributed by atoms with Crippen LogP contribution in [0.3, 0.4) is 0 Å². The van der Waals surface area contributed by atoms with Crippen molar-refractivity contribution in [1.29, 1.82) is 0 Å². The number of pyridine rings is 1. The van der Waals surface area contributed by atoms with Gasteiger partial charge in [-0.05, 0) is 12.1 Å². The van der Waals surface area contributed by atoms with Gasteiger partial charge in [0.15, 0.2) is 5.67 Å². The number of carbonyl (C=O) groups is 1. The smallest absolute Gasteiger partial charge is 0.269 e. The molecule has 0 atom stereocenters. The molecule has 2 N–H and O–H groups in total. The van der Waals surface area contributed by atoms with E-state index in [2.05, 4.69) is 27.5 Å². The van der Waals surface area contributed by atoms with E-state index < -0.39 is 5.67 Å². The molecule has 1 aliphatic heterocycles. The molecule has 5 heteroatoms. The number of hydrogen-bond acceptors (Lipinski definition) is 3. The van der Waals surface area contributed by atoms with E-state index in [9.17, 15) is 9.18 Å². The zero-order valence-electron chi connectivity index (χ0n) is 9.38. The van der Waals surface area contributed by atoms with Gasteiger partial charge in [-0.2, -0.15) is 0 Å². The Balaban J connectivity index is 2.10. The van der Waals surface area contributed by atoms with Gasteiger partial charge in [0.05, 0.1) is 0 Å². The van der Waals surface area contributed by atoms with Crippen molar-refractivity contribution in [2.24, 2.45) is 0 Å². The number of halogens is 1. The number of alkyl halides is 1. The highest BCUT2D eigenvalue weighted by atomic mass is 19.1. The summed E-state index contributed by atoms with van der Waals surface area (Å²) in [7, 11) is 1.54. The van der Waals surface area contributed by atoms with Gasteiger partial charge in [-0.1, -0.05) is 11.8 Å². The number of aromatic nitrogens is 1. The Labute approximate surface area is 98.6 Å². The summed E-state index contributed by atoms with van der Waals surface area (Å²) in [4.78, 5) is 15.2. The van der Waals surface area contributed by atoms with Gasteiger partial charge >= 0.3 is 0 Å². The molecule has 0 bridgehead atoms. The monoisotopic (exact) mass is 233 g/mol. The Kier molecular flexibility index (Phi) is 3.07. The lowest BCUT2D eigenvalue weighted by molar-refractivity contribution is 0.0958. The molecule has 0 aliphatic carbocycles. The second-order valence-corrected chi connectivity index (χ2v) is 3.83. The van der Waals surface area contributed by atoms with Gasteiger partial charge in [0.25, 0.3) is 5.91 Å². The van der Waals surface area contributed by atoms with Crippen molar-refractivity contribution in [3.05, 3.63) is 29.6 Å². The lowest BCUT2D eigenvalue weighted by Gasteiger charge is -2.29. The summed E-state index contributed by atoms with van der Waals surface area (Å²) in [5.74, 6) is 5.01. The van der Waals surface area contributed by atoms with E-state index in [-0.39, 0.29) is 19.0 Å². The van der Waals surface area contributed by atoms with Crippen LogP contribution < -0.4 is 10.6 Å². The minimum Gasteiger partial charge on any atom is -0.354 e. The van der Waals surface area contributed by atoms with Crippen LogP contribution in [0.4, 0.5) is 4.39 Å². The number of amides is 1. The second-order valence-electron chi connectivity index (χ2n) is 3.83. The van der Waals surface area contributed by atoms with Crippen LogP contribution in [0.5, 0.6) is 0 Å². The molecule has 0 spiro atoms. The van der Waals surface area contributed by atoms with E-state index >= 15 is 0 Å². The fourth-order valence-electron chi connectivity index (χ4n) is 1.35. The van der Waals surface area contributed by atoms with Crippen LogP contribution in [0.15, 0.2) is 18.3 Å². The topological polar surface area (TPSA) is 54.0 Å². The van der Waals surface area contributed by atoms with Crippen molar-refractivity contribution >= 4 is 5.91 Å². The summed E-state index contributed by atoms with van der Waals surface area (Å²) in [5.41, 5.74) is -0.501. The Morgan fingerprint density at radius 1 is 1.59 bits per heavy atom. The SMILES string of the molecule is CNC(=O)c1ccc(C#CC2(F)CNC2)cn1. The highest BCUT2D eigenvalue weighted by Crippen LogP contribution is 2.14. The predicted molar refractivity (Wildman–Crippen MR) is 61.2 cm³/mol. The Bertz CT molecular complexity index is 483. The van der Waals surface area contributed by atoms with Gasteiger partial charge in [-0.15, -0.1) is 0 Å². The van der Waals surface area contributed by atoms with Gasteiger partial charge in [0.2, 0.25) is 0 Å². The highest BCUT2D eigenvalue weighted by Gasteiger charge is 2.34. The van der Waals surface area contributed by atoms with E-state index in [1.165, 1.54) is 13.2 Å². The lowest BCUT2D eigenvalue weighted by atomic mass is 10.0. The number of carbonyl (C=O) groups excluding carboxylic acids is 1. The normalized spacial score (nSPS) is 16.4. The van der Waals surface area contributed by atoms with E-state index in [4.69, 9.17) is 0 Å². The third kappa shape index (κ3) is 2.60. The molecule has 2 heterocycles. The quantitative estimate of drug-likeness (QED) is 0.677. The molecule has 0 radical (unpaired) electrons. The third-order valence-electron chi connectivity index (χ3n) is 2.46. The van der Waals surface area contributed by atoms with Crippen molar-refractivity contribution < 1.29 is 9.18 Å². The zero-order valence-corrected chi connectivity index (χ0v) is 9.38. The first-order valence-electron chi connectivity index (χ1n) is 5.24. The van der Waals surface area contributed by atoms with Crippen LogP contribution in [0, 0.1) is 11.8 Å². The van der Waals surface area contributed by atoms with Crippen LogP contribution in [-0.2, 0) is 0 Å².